The lowest BCUT2D eigenvalue weighted by molar-refractivity contribution is -0.127. The maximum absolute atomic E-state index is 12.0. The average molecular weight is 293 g/mol. The van der Waals surface area contributed by atoms with Crippen LogP contribution in [0.5, 0.6) is 5.75 Å². The van der Waals surface area contributed by atoms with E-state index >= 15 is 0 Å². The van der Waals surface area contributed by atoms with Crippen LogP contribution < -0.4 is 10.1 Å². The molecule has 5 heteroatoms. The fourth-order valence-electron chi connectivity index (χ4n) is 2.08. The number of benzene rings is 1. The van der Waals surface area contributed by atoms with E-state index in [1.165, 1.54) is 6.07 Å². The standard InChI is InChI=1S/C16H23NO4/c1-5-7-10(2)17-15(18)12(4)21-14-9-6-8-13(11(14)3)16(19)20/h6,8-10,12H,5,7H2,1-4H3,(H,17,18)(H,19,20). The molecule has 0 bridgehead atoms. The molecule has 116 valence electrons. The summed E-state index contributed by atoms with van der Waals surface area (Å²) in [5.74, 6) is -0.789. The number of amides is 1. The van der Waals surface area contributed by atoms with Crippen molar-refractivity contribution in [1.82, 2.24) is 5.32 Å². The summed E-state index contributed by atoms with van der Waals surface area (Å²) in [6.45, 7) is 7.33. The maximum atomic E-state index is 12.0. The second-order valence-corrected chi connectivity index (χ2v) is 5.19. The van der Waals surface area contributed by atoms with E-state index in [1.807, 2.05) is 6.92 Å². The molecule has 0 aliphatic heterocycles. The summed E-state index contributed by atoms with van der Waals surface area (Å²) < 4.78 is 5.60. The third-order valence-electron chi connectivity index (χ3n) is 3.30. The van der Waals surface area contributed by atoms with Crippen molar-refractivity contribution in [2.24, 2.45) is 0 Å². The molecule has 1 aromatic carbocycles. The van der Waals surface area contributed by atoms with Gasteiger partial charge >= 0.3 is 5.97 Å². The Labute approximate surface area is 125 Å². The Morgan fingerprint density at radius 1 is 1.33 bits per heavy atom. The predicted molar refractivity (Wildman–Crippen MR) is 80.7 cm³/mol. The topological polar surface area (TPSA) is 75.6 Å². The molecule has 0 aliphatic rings. The summed E-state index contributed by atoms with van der Waals surface area (Å²) in [5, 5.41) is 12.0. The van der Waals surface area contributed by atoms with Crippen LogP contribution in [0.1, 0.15) is 49.5 Å². The van der Waals surface area contributed by atoms with E-state index in [0.29, 0.717) is 11.3 Å². The second-order valence-electron chi connectivity index (χ2n) is 5.19. The molecule has 0 aliphatic carbocycles. The van der Waals surface area contributed by atoms with Crippen LogP contribution in [0, 0.1) is 6.92 Å². The minimum absolute atomic E-state index is 0.0972. The third-order valence-corrected chi connectivity index (χ3v) is 3.30. The van der Waals surface area contributed by atoms with Gasteiger partial charge < -0.3 is 15.2 Å². The summed E-state index contributed by atoms with van der Waals surface area (Å²) in [5.41, 5.74) is 0.700. The van der Waals surface area contributed by atoms with Crippen molar-refractivity contribution in [1.29, 1.82) is 0 Å². The Kier molecular flexibility index (Phi) is 6.21. The highest BCUT2D eigenvalue weighted by Gasteiger charge is 2.19. The van der Waals surface area contributed by atoms with Crippen molar-refractivity contribution in [2.45, 2.75) is 52.7 Å². The summed E-state index contributed by atoms with van der Waals surface area (Å²) in [7, 11) is 0. The van der Waals surface area contributed by atoms with E-state index in [-0.39, 0.29) is 17.5 Å². The highest BCUT2D eigenvalue weighted by molar-refractivity contribution is 5.90. The van der Waals surface area contributed by atoms with Crippen LogP contribution in [0.15, 0.2) is 18.2 Å². The molecular weight excluding hydrogens is 270 g/mol. The van der Waals surface area contributed by atoms with Gasteiger partial charge in [0, 0.05) is 11.6 Å². The van der Waals surface area contributed by atoms with Crippen molar-refractivity contribution >= 4 is 11.9 Å². The largest absolute Gasteiger partial charge is 0.481 e. The highest BCUT2D eigenvalue weighted by atomic mass is 16.5. The predicted octanol–water partition coefficient (Wildman–Crippen LogP) is 2.77. The zero-order valence-electron chi connectivity index (χ0n) is 13.0. The molecule has 1 rings (SSSR count). The Morgan fingerprint density at radius 3 is 2.57 bits per heavy atom. The molecule has 0 radical (unpaired) electrons. The number of ether oxygens (including phenoxy) is 1. The number of aromatic carboxylic acids is 1. The molecule has 21 heavy (non-hydrogen) atoms. The van der Waals surface area contributed by atoms with Crippen LogP contribution in [0.2, 0.25) is 0 Å². The molecule has 0 saturated carbocycles. The summed E-state index contributed by atoms with van der Waals surface area (Å²) in [4.78, 5) is 23.1. The van der Waals surface area contributed by atoms with Crippen LogP contribution >= 0.6 is 0 Å². The van der Waals surface area contributed by atoms with Gasteiger partial charge in [0.25, 0.3) is 5.91 Å². The summed E-state index contributed by atoms with van der Waals surface area (Å²) in [6, 6.07) is 4.88. The lowest BCUT2D eigenvalue weighted by Crippen LogP contribution is -2.41. The SMILES string of the molecule is CCCC(C)NC(=O)C(C)Oc1cccc(C(=O)O)c1C. The lowest BCUT2D eigenvalue weighted by Gasteiger charge is -2.19. The third kappa shape index (κ3) is 4.77. The number of rotatable bonds is 7. The fourth-order valence-corrected chi connectivity index (χ4v) is 2.08. The van der Waals surface area contributed by atoms with E-state index in [9.17, 15) is 9.59 Å². The van der Waals surface area contributed by atoms with Gasteiger partial charge in [-0.15, -0.1) is 0 Å². The monoisotopic (exact) mass is 293 g/mol. The van der Waals surface area contributed by atoms with Crippen molar-refractivity contribution in [3.63, 3.8) is 0 Å². The molecule has 0 heterocycles. The van der Waals surface area contributed by atoms with E-state index in [0.717, 1.165) is 12.8 Å². The van der Waals surface area contributed by atoms with Gasteiger partial charge in [0.05, 0.1) is 5.56 Å². The van der Waals surface area contributed by atoms with E-state index in [1.54, 1.807) is 26.0 Å². The molecular formula is C16H23NO4. The molecule has 0 saturated heterocycles. The van der Waals surface area contributed by atoms with Crippen molar-refractivity contribution in [3.8, 4) is 5.75 Å². The van der Waals surface area contributed by atoms with Gasteiger partial charge in [0.2, 0.25) is 0 Å². The van der Waals surface area contributed by atoms with Crippen molar-refractivity contribution < 1.29 is 19.4 Å². The van der Waals surface area contributed by atoms with Crippen molar-refractivity contribution in [2.75, 3.05) is 0 Å². The summed E-state index contributed by atoms with van der Waals surface area (Å²) >= 11 is 0. The Hall–Kier alpha value is -2.04. The minimum Gasteiger partial charge on any atom is -0.481 e. The highest BCUT2D eigenvalue weighted by Crippen LogP contribution is 2.22. The normalized spacial score (nSPS) is 13.3. The number of hydrogen-bond acceptors (Lipinski definition) is 3. The fraction of sp³-hybridized carbons (Fsp3) is 0.500. The van der Waals surface area contributed by atoms with Gasteiger partial charge in [-0.3, -0.25) is 4.79 Å². The molecule has 0 aromatic heterocycles. The van der Waals surface area contributed by atoms with Crippen LogP contribution in [0.4, 0.5) is 0 Å². The Bertz CT molecular complexity index is 513. The van der Waals surface area contributed by atoms with Crippen molar-refractivity contribution in [3.05, 3.63) is 29.3 Å². The second kappa shape index (κ2) is 7.67. The zero-order valence-corrected chi connectivity index (χ0v) is 13.0. The smallest absolute Gasteiger partial charge is 0.336 e. The Morgan fingerprint density at radius 2 is 2.00 bits per heavy atom. The van der Waals surface area contributed by atoms with Gasteiger partial charge in [0.1, 0.15) is 5.75 Å². The van der Waals surface area contributed by atoms with Gasteiger partial charge in [-0.2, -0.15) is 0 Å². The number of nitrogens with one attached hydrogen (secondary N) is 1. The van der Waals surface area contributed by atoms with E-state index in [2.05, 4.69) is 12.2 Å². The molecule has 2 atom stereocenters. The molecule has 1 aromatic rings. The van der Waals surface area contributed by atoms with Gasteiger partial charge in [0.15, 0.2) is 6.10 Å². The van der Waals surface area contributed by atoms with Crippen LogP contribution in [0.3, 0.4) is 0 Å². The quantitative estimate of drug-likeness (QED) is 0.810. The maximum Gasteiger partial charge on any atom is 0.336 e. The molecule has 1 amide bonds. The first-order valence-corrected chi connectivity index (χ1v) is 7.16. The summed E-state index contributed by atoms with van der Waals surface area (Å²) in [6.07, 6.45) is 1.23. The lowest BCUT2D eigenvalue weighted by atomic mass is 10.1. The number of carboxylic acids is 1. The number of carboxylic acid groups (broad SMARTS) is 1. The van der Waals surface area contributed by atoms with E-state index < -0.39 is 12.1 Å². The van der Waals surface area contributed by atoms with Crippen LogP contribution in [-0.2, 0) is 4.79 Å². The minimum atomic E-state index is -1.01. The molecule has 2 N–H and O–H groups in total. The molecule has 0 spiro atoms. The zero-order chi connectivity index (χ0) is 16.0. The first-order valence-electron chi connectivity index (χ1n) is 7.16. The van der Waals surface area contributed by atoms with Gasteiger partial charge in [-0.1, -0.05) is 19.4 Å². The first kappa shape index (κ1) is 17.0. The van der Waals surface area contributed by atoms with E-state index in [4.69, 9.17) is 9.84 Å². The van der Waals surface area contributed by atoms with Gasteiger partial charge in [-0.05, 0) is 39.3 Å². The Balaban J connectivity index is 2.75. The number of carbonyl (C=O) groups is 2. The number of carbonyl (C=O) groups excluding carboxylic acids is 1. The van der Waals surface area contributed by atoms with Crippen LogP contribution in [-0.4, -0.2) is 29.1 Å². The first-order chi connectivity index (χ1) is 9.86. The number of hydrogen-bond donors (Lipinski definition) is 2. The molecule has 0 fully saturated rings. The average Bonchev–Trinajstić information content (AvgIpc) is 2.40. The van der Waals surface area contributed by atoms with Crippen LogP contribution in [0.25, 0.3) is 0 Å². The molecule has 2 unspecified atom stereocenters. The van der Waals surface area contributed by atoms with Gasteiger partial charge in [-0.25, -0.2) is 4.79 Å². The molecule has 5 nitrogen and oxygen atoms in total.